The molecule has 3 aliphatic carbocycles. The second kappa shape index (κ2) is 9.34. The molecule has 1 N–H and O–H groups in total. The fourth-order valence-electron chi connectivity index (χ4n) is 8.36. The Labute approximate surface area is 221 Å². The minimum Gasteiger partial charge on any atom is -0.489 e. The maximum absolute atomic E-state index is 12.2. The van der Waals surface area contributed by atoms with E-state index in [0.717, 1.165) is 42.7 Å². The van der Waals surface area contributed by atoms with Crippen LogP contribution in [0.3, 0.4) is 0 Å². The quantitative estimate of drug-likeness (QED) is 0.368. The second-order valence-electron chi connectivity index (χ2n) is 12.1. The summed E-state index contributed by atoms with van der Waals surface area (Å²) in [5, 5.41) is 12.2. The van der Waals surface area contributed by atoms with Gasteiger partial charge in [-0.3, -0.25) is 0 Å². The summed E-state index contributed by atoms with van der Waals surface area (Å²) in [4.78, 5) is 3.66. The molecule has 3 aromatic rings. The number of rotatable bonds is 5. The molecule has 3 unspecified atom stereocenters. The van der Waals surface area contributed by atoms with E-state index in [1.807, 2.05) is 36.4 Å². The highest BCUT2D eigenvalue weighted by Crippen LogP contribution is 2.66. The van der Waals surface area contributed by atoms with Crippen LogP contribution in [-0.2, 0) is 19.4 Å². The molecule has 2 saturated carbocycles. The minimum absolute atomic E-state index is 0.0793. The van der Waals surface area contributed by atoms with Crippen molar-refractivity contribution in [1.82, 2.24) is 0 Å². The van der Waals surface area contributed by atoms with Crippen LogP contribution in [0, 0.1) is 29.7 Å². The van der Waals surface area contributed by atoms with Crippen molar-refractivity contribution in [1.29, 1.82) is 0 Å². The largest absolute Gasteiger partial charge is 0.489 e. The van der Waals surface area contributed by atoms with Crippen LogP contribution in [0.4, 0.5) is 5.69 Å². The van der Waals surface area contributed by atoms with E-state index < -0.39 is 5.60 Å². The summed E-state index contributed by atoms with van der Waals surface area (Å²) in [6, 6.07) is 25.0. The average Bonchev–Trinajstić information content (AvgIpc) is 3.17. The maximum atomic E-state index is 12.2. The number of aliphatic hydroxyl groups is 1. The van der Waals surface area contributed by atoms with Crippen LogP contribution in [0.25, 0.3) is 4.85 Å². The summed E-state index contributed by atoms with van der Waals surface area (Å²) in [6.07, 6.45) is 5.97. The fourth-order valence-corrected chi connectivity index (χ4v) is 8.36. The third kappa shape index (κ3) is 4.16. The van der Waals surface area contributed by atoms with Gasteiger partial charge in [0.25, 0.3) is 0 Å². The van der Waals surface area contributed by atoms with Crippen molar-refractivity contribution >= 4 is 5.69 Å². The Kier molecular flexibility index (Phi) is 6.12. The SMILES string of the molecule is [C-]#[N+]c1ccc2c(c1)CCC1C2[C@@H](C)C[C@@]2(C)C1CC[C@@]2(O)Cc1ccc(OCc2ccccc2)cc1. The van der Waals surface area contributed by atoms with E-state index in [2.05, 4.69) is 55.1 Å². The molecule has 0 bridgehead atoms. The van der Waals surface area contributed by atoms with E-state index >= 15 is 0 Å². The third-order valence-electron chi connectivity index (χ3n) is 10.1. The van der Waals surface area contributed by atoms with E-state index in [1.165, 1.54) is 23.1 Å². The van der Waals surface area contributed by atoms with E-state index in [-0.39, 0.29) is 5.41 Å². The predicted molar refractivity (Wildman–Crippen MR) is 148 cm³/mol. The summed E-state index contributed by atoms with van der Waals surface area (Å²) in [5.74, 6) is 3.09. The maximum Gasteiger partial charge on any atom is 0.187 e. The highest BCUT2D eigenvalue weighted by molar-refractivity contribution is 5.51. The number of fused-ring (bicyclic) bond motifs is 5. The number of nitrogens with zero attached hydrogens (tertiary/aromatic N) is 1. The van der Waals surface area contributed by atoms with Gasteiger partial charge in [-0.25, -0.2) is 4.85 Å². The zero-order chi connectivity index (χ0) is 25.6. The van der Waals surface area contributed by atoms with Gasteiger partial charge in [-0.1, -0.05) is 80.1 Å². The molecule has 3 nitrogen and oxygen atoms in total. The predicted octanol–water partition coefficient (Wildman–Crippen LogP) is 7.89. The molecule has 37 heavy (non-hydrogen) atoms. The van der Waals surface area contributed by atoms with Gasteiger partial charge in [0.05, 0.1) is 12.2 Å². The molecule has 6 rings (SSSR count). The van der Waals surface area contributed by atoms with Crippen molar-refractivity contribution in [2.24, 2.45) is 23.2 Å². The first kappa shape index (κ1) is 24.3. The second-order valence-corrected chi connectivity index (χ2v) is 12.1. The third-order valence-corrected chi connectivity index (χ3v) is 10.1. The molecule has 0 heterocycles. The molecular formula is C34H37NO2. The first-order chi connectivity index (χ1) is 17.9. The van der Waals surface area contributed by atoms with Crippen LogP contribution in [0.15, 0.2) is 72.8 Å². The normalized spacial score (nSPS) is 32.1. The lowest BCUT2D eigenvalue weighted by molar-refractivity contribution is -0.115. The van der Waals surface area contributed by atoms with Crippen LogP contribution in [0.1, 0.15) is 67.7 Å². The highest BCUT2D eigenvalue weighted by Gasteiger charge is 2.62. The van der Waals surface area contributed by atoms with Gasteiger partial charge in [0.1, 0.15) is 12.4 Å². The first-order valence-electron chi connectivity index (χ1n) is 13.9. The van der Waals surface area contributed by atoms with Crippen molar-refractivity contribution in [3.05, 3.63) is 106 Å². The molecule has 2 fully saturated rings. The van der Waals surface area contributed by atoms with Crippen molar-refractivity contribution in [3.8, 4) is 5.75 Å². The number of aryl methyl sites for hydroxylation is 1. The van der Waals surface area contributed by atoms with Gasteiger partial charge in [-0.15, -0.1) is 0 Å². The lowest BCUT2D eigenvalue weighted by Crippen LogP contribution is -2.54. The van der Waals surface area contributed by atoms with E-state index in [0.29, 0.717) is 36.7 Å². The molecule has 6 atom stereocenters. The molecular weight excluding hydrogens is 454 g/mol. The monoisotopic (exact) mass is 491 g/mol. The van der Waals surface area contributed by atoms with Gasteiger partial charge < -0.3 is 9.84 Å². The molecule has 190 valence electrons. The summed E-state index contributed by atoms with van der Waals surface area (Å²) in [6.45, 7) is 12.7. The van der Waals surface area contributed by atoms with E-state index in [1.54, 1.807) is 0 Å². The van der Waals surface area contributed by atoms with Crippen LogP contribution in [0.2, 0.25) is 0 Å². The molecule has 3 aromatic carbocycles. The molecule has 0 aliphatic heterocycles. The average molecular weight is 492 g/mol. The van der Waals surface area contributed by atoms with Crippen LogP contribution in [-0.4, -0.2) is 10.7 Å². The smallest absolute Gasteiger partial charge is 0.187 e. The Hall–Kier alpha value is -3.09. The van der Waals surface area contributed by atoms with Crippen LogP contribution >= 0.6 is 0 Å². The Morgan fingerprint density at radius 2 is 1.78 bits per heavy atom. The zero-order valence-corrected chi connectivity index (χ0v) is 22.0. The summed E-state index contributed by atoms with van der Waals surface area (Å²) >= 11 is 0. The first-order valence-corrected chi connectivity index (χ1v) is 13.9. The molecule has 3 aliphatic rings. The van der Waals surface area contributed by atoms with Crippen LogP contribution < -0.4 is 4.74 Å². The molecule has 0 spiro atoms. The summed E-state index contributed by atoms with van der Waals surface area (Å²) < 4.78 is 5.99. The fraction of sp³-hybridized carbons (Fsp3) is 0.441. The molecule has 0 amide bonds. The van der Waals surface area contributed by atoms with Gasteiger partial charge in [0.15, 0.2) is 5.69 Å². The number of hydrogen-bond acceptors (Lipinski definition) is 2. The molecule has 0 radical (unpaired) electrons. The van der Waals surface area contributed by atoms with Gasteiger partial charge >= 0.3 is 0 Å². The Morgan fingerprint density at radius 3 is 2.54 bits per heavy atom. The van der Waals surface area contributed by atoms with Gasteiger partial charge in [0.2, 0.25) is 0 Å². The standard InChI is InChI=1S/C34H37NO2/c1-23-20-33(2)31(30-15-11-26-19-27(35-3)12-16-29(26)32(23)30)17-18-34(33,36)21-24-9-13-28(14-10-24)37-22-25-7-5-4-6-8-25/h4-10,12-14,16,19,23,30-32,36H,11,15,17-18,20-22H2,1-2H3/t23-,30?,31?,32?,33-,34+/m0/s1. The number of benzene rings is 3. The Morgan fingerprint density at radius 1 is 1.00 bits per heavy atom. The van der Waals surface area contributed by atoms with Crippen molar-refractivity contribution in [2.45, 2.75) is 70.5 Å². The molecule has 0 saturated heterocycles. The molecule has 3 heteroatoms. The Balaban J connectivity index is 1.19. The topological polar surface area (TPSA) is 33.8 Å². The van der Waals surface area contributed by atoms with E-state index in [4.69, 9.17) is 11.3 Å². The van der Waals surface area contributed by atoms with Crippen LogP contribution in [0.5, 0.6) is 5.75 Å². The van der Waals surface area contributed by atoms with E-state index in [9.17, 15) is 5.11 Å². The minimum atomic E-state index is -0.683. The highest BCUT2D eigenvalue weighted by atomic mass is 16.5. The summed E-state index contributed by atoms with van der Waals surface area (Å²) in [7, 11) is 0. The Bertz CT molecular complexity index is 1310. The molecule has 0 aromatic heterocycles. The zero-order valence-electron chi connectivity index (χ0n) is 22.0. The van der Waals surface area contributed by atoms with Gasteiger partial charge in [-0.2, -0.15) is 0 Å². The lowest BCUT2D eigenvalue weighted by Gasteiger charge is -2.56. The number of ether oxygens (including phenoxy) is 1. The summed E-state index contributed by atoms with van der Waals surface area (Å²) in [5.41, 5.74) is 5.20. The van der Waals surface area contributed by atoms with Gasteiger partial charge in [0, 0.05) is 11.8 Å². The van der Waals surface area contributed by atoms with Crippen molar-refractivity contribution in [2.75, 3.05) is 0 Å². The van der Waals surface area contributed by atoms with Crippen molar-refractivity contribution in [3.63, 3.8) is 0 Å². The van der Waals surface area contributed by atoms with Crippen molar-refractivity contribution < 1.29 is 9.84 Å². The van der Waals surface area contributed by atoms with Gasteiger partial charge in [-0.05, 0) is 84.6 Å². The number of hydrogen-bond donors (Lipinski definition) is 1. The lowest BCUT2D eigenvalue weighted by atomic mass is 9.50.